The molecule has 0 aromatic carbocycles. The lowest BCUT2D eigenvalue weighted by Crippen LogP contribution is -2.40. The molecule has 0 spiro atoms. The summed E-state index contributed by atoms with van der Waals surface area (Å²) >= 11 is 1.82. The van der Waals surface area contributed by atoms with Gasteiger partial charge in [-0.3, -0.25) is 4.79 Å². The fraction of sp³-hybridized carbons (Fsp3) is 0.643. The lowest BCUT2D eigenvalue weighted by atomic mass is 9.96. The van der Waals surface area contributed by atoms with E-state index in [-0.39, 0.29) is 17.9 Å². The Kier molecular flexibility index (Phi) is 4.40. The van der Waals surface area contributed by atoms with Crippen molar-refractivity contribution >= 4 is 17.2 Å². The largest absolute Gasteiger partial charge is 0.335 e. The fourth-order valence-electron chi connectivity index (χ4n) is 2.63. The Morgan fingerprint density at radius 2 is 2.44 bits per heavy atom. The van der Waals surface area contributed by atoms with Crippen LogP contribution in [-0.2, 0) is 11.2 Å². The Morgan fingerprint density at radius 1 is 1.67 bits per heavy atom. The number of fused-ring (bicyclic) bond motifs is 1. The Morgan fingerprint density at radius 3 is 3.11 bits per heavy atom. The molecule has 2 unspecified atom stereocenters. The van der Waals surface area contributed by atoms with Gasteiger partial charge in [-0.2, -0.15) is 0 Å². The molecule has 18 heavy (non-hydrogen) atoms. The standard InChI is InChI=1S/C14H22N2OS/c1-3-12-11-5-7-18-13(11)4-6-16(12)14(17)8-10(2)9-15/h5,7,10,12H,3-4,6,8-9,15H2,1-2H3. The second-order valence-corrected chi connectivity index (χ2v) is 6.11. The number of rotatable bonds is 4. The van der Waals surface area contributed by atoms with Crippen LogP contribution >= 0.6 is 11.3 Å². The number of carbonyl (C=O) groups is 1. The normalized spacial score (nSPS) is 20.6. The third kappa shape index (κ3) is 2.59. The van der Waals surface area contributed by atoms with Crippen LogP contribution in [0.4, 0.5) is 0 Å². The van der Waals surface area contributed by atoms with E-state index >= 15 is 0 Å². The Balaban J connectivity index is 2.12. The van der Waals surface area contributed by atoms with Crippen molar-refractivity contribution in [3.8, 4) is 0 Å². The van der Waals surface area contributed by atoms with E-state index in [9.17, 15) is 4.79 Å². The van der Waals surface area contributed by atoms with E-state index in [0.29, 0.717) is 13.0 Å². The zero-order valence-electron chi connectivity index (χ0n) is 11.2. The van der Waals surface area contributed by atoms with Crippen LogP contribution < -0.4 is 5.73 Å². The summed E-state index contributed by atoms with van der Waals surface area (Å²) in [6.45, 7) is 5.64. The summed E-state index contributed by atoms with van der Waals surface area (Å²) in [5, 5.41) is 2.14. The molecule has 0 radical (unpaired) electrons. The van der Waals surface area contributed by atoms with Crippen LogP contribution in [-0.4, -0.2) is 23.9 Å². The molecular weight excluding hydrogens is 244 g/mol. The molecule has 1 aliphatic rings. The van der Waals surface area contributed by atoms with E-state index in [0.717, 1.165) is 19.4 Å². The first-order valence-corrected chi connectivity index (χ1v) is 7.61. The molecule has 3 nitrogen and oxygen atoms in total. The molecule has 4 heteroatoms. The number of nitrogens with zero attached hydrogens (tertiary/aromatic N) is 1. The van der Waals surface area contributed by atoms with Crippen molar-refractivity contribution < 1.29 is 4.79 Å². The van der Waals surface area contributed by atoms with E-state index < -0.39 is 0 Å². The van der Waals surface area contributed by atoms with Crippen molar-refractivity contribution in [3.05, 3.63) is 21.9 Å². The Bertz CT molecular complexity index is 416. The molecule has 0 fully saturated rings. The van der Waals surface area contributed by atoms with Crippen LogP contribution in [0.25, 0.3) is 0 Å². The molecule has 2 atom stereocenters. The van der Waals surface area contributed by atoms with Gasteiger partial charge in [0.2, 0.25) is 5.91 Å². The highest BCUT2D eigenvalue weighted by Crippen LogP contribution is 2.35. The zero-order valence-corrected chi connectivity index (χ0v) is 12.0. The summed E-state index contributed by atoms with van der Waals surface area (Å²) in [6.07, 6.45) is 2.57. The van der Waals surface area contributed by atoms with E-state index in [1.165, 1.54) is 10.4 Å². The molecule has 0 saturated carbocycles. The molecule has 2 heterocycles. The maximum absolute atomic E-state index is 12.3. The predicted molar refractivity (Wildman–Crippen MR) is 75.6 cm³/mol. The van der Waals surface area contributed by atoms with Crippen LogP contribution in [0.2, 0.25) is 0 Å². The predicted octanol–water partition coefficient (Wildman–Crippen LogP) is 2.57. The lowest BCUT2D eigenvalue weighted by Gasteiger charge is -2.36. The highest BCUT2D eigenvalue weighted by molar-refractivity contribution is 7.10. The highest BCUT2D eigenvalue weighted by Gasteiger charge is 2.30. The minimum absolute atomic E-state index is 0.261. The first-order valence-electron chi connectivity index (χ1n) is 6.73. The van der Waals surface area contributed by atoms with Gasteiger partial charge in [-0.15, -0.1) is 11.3 Å². The number of carbonyl (C=O) groups excluding carboxylic acids is 1. The SMILES string of the molecule is CCC1c2ccsc2CCN1C(=O)CC(C)CN. The fourth-order valence-corrected chi connectivity index (χ4v) is 3.56. The maximum atomic E-state index is 12.3. The highest BCUT2D eigenvalue weighted by atomic mass is 32.1. The topological polar surface area (TPSA) is 46.3 Å². The van der Waals surface area contributed by atoms with Crippen molar-refractivity contribution in [2.24, 2.45) is 11.7 Å². The summed E-state index contributed by atoms with van der Waals surface area (Å²) in [7, 11) is 0. The Hall–Kier alpha value is -0.870. The van der Waals surface area contributed by atoms with Crippen LogP contribution in [0.1, 0.15) is 43.2 Å². The molecule has 2 N–H and O–H groups in total. The van der Waals surface area contributed by atoms with Gasteiger partial charge in [-0.1, -0.05) is 13.8 Å². The van der Waals surface area contributed by atoms with Gasteiger partial charge < -0.3 is 10.6 Å². The molecule has 0 bridgehead atoms. The minimum atomic E-state index is 0.261. The molecule has 100 valence electrons. The van der Waals surface area contributed by atoms with Crippen LogP contribution in [0.3, 0.4) is 0 Å². The van der Waals surface area contributed by atoms with Gasteiger partial charge in [0, 0.05) is 17.8 Å². The van der Waals surface area contributed by atoms with E-state index in [2.05, 4.69) is 23.3 Å². The van der Waals surface area contributed by atoms with Gasteiger partial charge in [-0.05, 0) is 42.3 Å². The minimum Gasteiger partial charge on any atom is -0.335 e. The first kappa shape index (κ1) is 13.6. The lowest BCUT2D eigenvalue weighted by molar-refractivity contribution is -0.135. The van der Waals surface area contributed by atoms with Crippen LogP contribution in [0, 0.1) is 5.92 Å². The van der Waals surface area contributed by atoms with Crippen molar-refractivity contribution in [2.45, 2.75) is 39.2 Å². The number of amides is 1. The third-order valence-corrected chi connectivity index (χ3v) is 4.72. The molecule has 1 aromatic heterocycles. The molecular formula is C14H22N2OS. The van der Waals surface area contributed by atoms with Gasteiger partial charge in [0.05, 0.1) is 6.04 Å². The van der Waals surface area contributed by atoms with Gasteiger partial charge in [-0.25, -0.2) is 0 Å². The number of nitrogens with two attached hydrogens (primary N) is 1. The summed E-state index contributed by atoms with van der Waals surface area (Å²) in [4.78, 5) is 15.9. The summed E-state index contributed by atoms with van der Waals surface area (Å²) in [6, 6.07) is 2.46. The van der Waals surface area contributed by atoms with Gasteiger partial charge in [0.15, 0.2) is 0 Å². The number of hydrogen-bond acceptors (Lipinski definition) is 3. The van der Waals surface area contributed by atoms with Crippen molar-refractivity contribution in [3.63, 3.8) is 0 Å². The number of hydrogen-bond donors (Lipinski definition) is 1. The quantitative estimate of drug-likeness (QED) is 0.910. The van der Waals surface area contributed by atoms with E-state index in [1.54, 1.807) is 0 Å². The van der Waals surface area contributed by atoms with Crippen molar-refractivity contribution in [1.29, 1.82) is 0 Å². The summed E-state index contributed by atoms with van der Waals surface area (Å²) in [5.41, 5.74) is 6.97. The average molecular weight is 266 g/mol. The number of thiophene rings is 1. The summed E-state index contributed by atoms with van der Waals surface area (Å²) < 4.78 is 0. The molecule has 1 aliphatic heterocycles. The van der Waals surface area contributed by atoms with E-state index in [1.807, 2.05) is 18.3 Å². The second-order valence-electron chi connectivity index (χ2n) is 5.11. The monoisotopic (exact) mass is 266 g/mol. The molecule has 0 aliphatic carbocycles. The van der Waals surface area contributed by atoms with Gasteiger partial charge in [0.25, 0.3) is 0 Å². The van der Waals surface area contributed by atoms with Crippen LogP contribution in [0.15, 0.2) is 11.4 Å². The summed E-state index contributed by atoms with van der Waals surface area (Å²) in [5.74, 6) is 0.538. The van der Waals surface area contributed by atoms with Crippen LogP contribution in [0.5, 0.6) is 0 Å². The smallest absolute Gasteiger partial charge is 0.223 e. The van der Waals surface area contributed by atoms with Crippen molar-refractivity contribution in [2.75, 3.05) is 13.1 Å². The van der Waals surface area contributed by atoms with Gasteiger partial charge >= 0.3 is 0 Å². The molecule has 1 amide bonds. The molecule has 2 rings (SSSR count). The van der Waals surface area contributed by atoms with Gasteiger partial charge in [0.1, 0.15) is 0 Å². The third-order valence-electron chi connectivity index (χ3n) is 3.73. The maximum Gasteiger partial charge on any atom is 0.223 e. The zero-order chi connectivity index (χ0) is 13.1. The van der Waals surface area contributed by atoms with Crippen molar-refractivity contribution in [1.82, 2.24) is 4.90 Å². The average Bonchev–Trinajstić information content (AvgIpc) is 2.85. The molecule has 1 aromatic rings. The molecule has 0 saturated heterocycles. The first-order chi connectivity index (χ1) is 8.67. The second kappa shape index (κ2) is 5.85. The Labute approximate surface area is 113 Å². The van der Waals surface area contributed by atoms with E-state index in [4.69, 9.17) is 5.73 Å².